The van der Waals surface area contributed by atoms with Crippen molar-refractivity contribution in [1.29, 1.82) is 0 Å². The molecule has 0 amide bonds. The molecular weight excluding hydrogens is 198 g/mol. The average Bonchev–Trinajstić information content (AvgIpc) is 2.82. The normalized spacial score (nSPS) is 10.3. The summed E-state index contributed by atoms with van der Waals surface area (Å²) < 4.78 is 1.93. The summed E-state index contributed by atoms with van der Waals surface area (Å²) in [4.78, 5) is 0. The van der Waals surface area contributed by atoms with Crippen molar-refractivity contribution in [3.63, 3.8) is 0 Å². The molecule has 1 heterocycles. The maximum atomic E-state index is 4.16. The van der Waals surface area contributed by atoms with E-state index in [-0.39, 0.29) is 0 Å². The number of benzene rings is 1. The lowest BCUT2D eigenvalue weighted by Gasteiger charge is -2.07. The first-order valence-corrected chi connectivity index (χ1v) is 5.68. The number of hydrogen-bond donors (Lipinski definition) is 1. The zero-order valence-electron chi connectivity index (χ0n) is 9.56. The Kier molecular flexibility index (Phi) is 3.59. The van der Waals surface area contributed by atoms with Gasteiger partial charge in [0.25, 0.3) is 0 Å². The molecule has 2 rings (SSSR count). The molecule has 0 bridgehead atoms. The van der Waals surface area contributed by atoms with Gasteiger partial charge >= 0.3 is 0 Å². The van der Waals surface area contributed by atoms with Crippen LogP contribution >= 0.6 is 0 Å². The van der Waals surface area contributed by atoms with E-state index in [1.54, 1.807) is 6.20 Å². The Morgan fingerprint density at radius 1 is 1.31 bits per heavy atom. The van der Waals surface area contributed by atoms with Crippen LogP contribution in [-0.2, 0) is 13.0 Å². The molecule has 0 aliphatic carbocycles. The van der Waals surface area contributed by atoms with E-state index in [2.05, 4.69) is 41.6 Å². The number of aromatic nitrogens is 2. The third-order valence-corrected chi connectivity index (χ3v) is 2.56. The summed E-state index contributed by atoms with van der Waals surface area (Å²) in [7, 11) is 0. The van der Waals surface area contributed by atoms with Gasteiger partial charge < -0.3 is 5.32 Å². The molecule has 0 unspecified atom stereocenters. The highest BCUT2D eigenvalue weighted by atomic mass is 15.3. The van der Waals surface area contributed by atoms with E-state index >= 15 is 0 Å². The minimum absolute atomic E-state index is 0.892. The molecule has 3 heteroatoms. The van der Waals surface area contributed by atoms with E-state index in [0.29, 0.717) is 0 Å². The van der Waals surface area contributed by atoms with E-state index in [1.807, 2.05) is 16.9 Å². The van der Waals surface area contributed by atoms with Gasteiger partial charge in [0.15, 0.2) is 0 Å². The fourth-order valence-corrected chi connectivity index (χ4v) is 1.65. The topological polar surface area (TPSA) is 29.9 Å². The smallest absolute Gasteiger partial charge is 0.0582 e. The minimum atomic E-state index is 0.892. The fourth-order valence-electron chi connectivity index (χ4n) is 1.65. The van der Waals surface area contributed by atoms with Crippen molar-refractivity contribution in [3.05, 3.63) is 48.3 Å². The maximum Gasteiger partial charge on any atom is 0.0582 e. The molecule has 1 aromatic heterocycles. The maximum absolute atomic E-state index is 4.16. The average molecular weight is 215 g/mol. The third kappa shape index (κ3) is 2.86. The van der Waals surface area contributed by atoms with Crippen LogP contribution in [0.15, 0.2) is 42.7 Å². The number of nitrogens with one attached hydrogen (secondary N) is 1. The van der Waals surface area contributed by atoms with Gasteiger partial charge in [-0.1, -0.05) is 19.1 Å². The molecule has 0 spiro atoms. The van der Waals surface area contributed by atoms with Crippen LogP contribution in [0.3, 0.4) is 0 Å². The Bertz CT molecular complexity index is 421. The van der Waals surface area contributed by atoms with Gasteiger partial charge in [0.1, 0.15) is 0 Å². The van der Waals surface area contributed by atoms with Crippen molar-refractivity contribution in [3.8, 4) is 0 Å². The predicted molar refractivity (Wildman–Crippen MR) is 66.5 cm³/mol. The van der Waals surface area contributed by atoms with Crippen LogP contribution in [-0.4, -0.2) is 16.3 Å². The zero-order chi connectivity index (χ0) is 11.2. The van der Waals surface area contributed by atoms with E-state index in [4.69, 9.17) is 0 Å². The second-order valence-corrected chi connectivity index (χ2v) is 3.75. The highest BCUT2D eigenvalue weighted by molar-refractivity contribution is 5.45. The van der Waals surface area contributed by atoms with E-state index in [1.165, 1.54) is 11.3 Å². The van der Waals surface area contributed by atoms with Gasteiger partial charge in [0, 0.05) is 24.6 Å². The minimum Gasteiger partial charge on any atom is -0.383 e. The van der Waals surface area contributed by atoms with Gasteiger partial charge in [0.2, 0.25) is 0 Å². The monoisotopic (exact) mass is 215 g/mol. The van der Waals surface area contributed by atoms with Crippen molar-refractivity contribution in [2.75, 3.05) is 11.9 Å². The Labute approximate surface area is 96.1 Å². The largest absolute Gasteiger partial charge is 0.383 e. The lowest BCUT2D eigenvalue weighted by Crippen LogP contribution is -2.10. The number of hydrogen-bond acceptors (Lipinski definition) is 2. The van der Waals surface area contributed by atoms with Crippen LogP contribution in [0.2, 0.25) is 0 Å². The van der Waals surface area contributed by atoms with Crippen LogP contribution in [0.25, 0.3) is 0 Å². The SMILES string of the molecule is CCc1cccc(NCCn2cccn2)c1. The van der Waals surface area contributed by atoms with Crippen LogP contribution < -0.4 is 5.32 Å². The van der Waals surface area contributed by atoms with Crippen molar-refractivity contribution in [2.24, 2.45) is 0 Å². The van der Waals surface area contributed by atoms with Crippen molar-refractivity contribution in [2.45, 2.75) is 19.9 Å². The van der Waals surface area contributed by atoms with Gasteiger partial charge in [-0.15, -0.1) is 0 Å². The molecule has 84 valence electrons. The molecule has 0 saturated heterocycles. The molecule has 2 aromatic rings. The summed E-state index contributed by atoms with van der Waals surface area (Å²) in [5.41, 5.74) is 2.55. The lowest BCUT2D eigenvalue weighted by atomic mass is 10.1. The summed E-state index contributed by atoms with van der Waals surface area (Å²) in [5, 5.41) is 7.55. The summed E-state index contributed by atoms with van der Waals surface area (Å²) in [6, 6.07) is 10.5. The Hall–Kier alpha value is -1.77. The Balaban J connectivity index is 1.85. The van der Waals surface area contributed by atoms with Crippen molar-refractivity contribution < 1.29 is 0 Å². The van der Waals surface area contributed by atoms with Crippen LogP contribution in [0.5, 0.6) is 0 Å². The number of rotatable bonds is 5. The number of aryl methyl sites for hydroxylation is 1. The predicted octanol–water partition coefficient (Wildman–Crippen LogP) is 2.56. The summed E-state index contributed by atoms with van der Waals surface area (Å²) in [6.45, 7) is 3.96. The molecule has 0 atom stereocenters. The summed E-state index contributed by atoms with van der Waals surface area (Å²) in [6.07, 6.45) is 4.86. The van der Waals surface area contributed by atoms with E-state index in [0.717, 1.165) is 19.5 Å². The highest BCUT2D eigenvalue weighted by Gasteiger charge is 1.94. The van der Waals surface area contributed by atoms with Gasteiger partial charge in [-0.25, -0.2) is 0 Å². The molecule has 3 nitrogen and oxygen atoms in total. The first-order chi connectivity index (χ1) is 7.88. The number of nitrogens with zero attached hydrogens (tertiary/aromatic N) is 2. The number of anilines is 1. The molecule has 0 aliphatic heterocycles. The van der Waals surface area contributed by atoms with Crippen LogP contribution in [0.4, 0.5) is 5.69 Å². The summed E-state index contributed by atoms with van der Waals surface area (Å²) in [5.74, 6) is 0. The van der Waals surface area contributed by atoms with E-state index in [9.17, 15) is 0 Å². The van der Waals surface area contributed by atoms with Gasteiger partial charge in [-0.2, -0.15) is 5.10 Å². The van der Waals surface area contributed by atoms with Crippen LogP contribution in [0.1, 0.15) is 12.5 Å². The molecular formula is C13H17N3. The quantitative estimate of drug-likeness (QED) is 0.830. The molecule has 1 N–H and O–H groups in total. The first kappa shape index (κ1) is 10.7. The fraction of sp³-hybridized carbons (Fsp3) is 0.308. The Morgan fingerprint density at radius 3 is 3.00 bits per heavy atom. The molecule has 0 radical (unpaired) electrons. The first-order valence-electron chi connectivity index (χ1n) is 5.68. The van der Waals surface area contributed by atoms with Gasteiger partial charge in [-0.05, 0) is 30.2 Å². The molecule has 16 heavy (non-hydrogen) atoms. The van der Waals surface area contributed by atoms with E-state index < -0.39 is 0 Å². The zero-order valence-corrected chi connectivity index (χ0v) is 9.56. The van der Waals surface area contributed by atoms with Crippen LogP contribution in [0, 0.1) is 0 Å². The van der Waals surface area contributed by atoms with Crippen molar-refractivity contribution >= 4 is 5.69 Å². The summed E-state index contributed by atoms with van der Waals surface area (Å²) >= 11 is 0. The highest BCUT2D eigenvalue weighted by Crippen LogP contribution is 2.10. The van der Waals surface area contributed by atoms with Gasteiger partial charge in [-0.3, -0.25) is 4.68 Å². The lowest BCUT2D eigenvalue weighted by molar-refractivity contribution is 0.638. The standard InChI is InChI=1S/C13H17N3/c1-2-12-5-3-6-13(11-12)14-8-10-16-9-4-7-15-16/h3-7,9,11,14H,2,8,10H2,1H3. The third-order valence-electron chi connectivity index (χ3n) is 2.56. The second-order valence-electron chi connectivity index (χ2n) is 3.75. The Morgan fingerprint density at radius 2 is 2.25 bits per heavy atom. The second kappa shape index (κ2) is 5.35. The van der Waals surface area contributed by atoms with Gasteiger partial charge in [0.05, 0.1) is 6.54 Å². The molecule has 0 fully saturated rings. The molecule has 0 saturated carbocycles. The van der Waals surface area contributed by atoms with Crippen molar-refractivity contribution in [1.82, 2.24) is 9.78 Å². The molecule has 0 aliphatic rings. The molecule has 1 aromatic carbocycles.